The quantitative estimate of drug-likeness (QED) is 0.663. The third-order valence-electron chi connectivity index (χ3n) is 2.78. The van der Waals surface area contributed by atoms with Gasteiger partial charge in [0.1, 0.15) is 5.60 Å². The highest BCUT2D eigenvalue weighted by molar-refractivity contribution is 5.67. The number of nitrogens with one attached hydrogen (secondary N) is 1. The predicted octanol–water partition coefficient (Wildman–Crippen LogP) is 0.611. The summed E-state index contributed by atoms with van der Waals surface area (Å²) in [4.78, 5) is 11.4. The summed E-state index contributed by atoms with van der Waals surface area (Å²) in [6.07, 6.45) is 0.601. The number of hydrogen-bond acceptors (Lipinski definition) is 4. The van der Waals surface area contributed by atoms with Crippen molar-refractivity contribution >= 4 is 6.09 Å². The maximum absolute atomic E-state index is 11.4. The van der Waals surface area contributed by atoms with E-state index in [9.17, 15) is 9.90 Å². The molecule has 0 heterocycles. The SMILES string of the molecule is CC(C)(C)OC(=O)NCC1(CN)CC(O)C1. The van der Waals surface area contributed by atoms with Crippen molar-refractivity contribution in [2.24, 2.45) is 11.1 Å². The van der Waals surface area contributed by atoms with Crippen molar-refractivity contribution in [3.63, 3.8) is 0 Å². The van der Waals surface area contributed by atoms with Gasteiger partial charge in [0.25, 0.3) is 0 Å². The number of aliphatic hydroxyl groups is 1. The molecule has 0 atom stereocenters. The van der Waals surface area contributed by atoms with Crippen LogP contribution in [0.3, 0.4) is 0 Å². The smallest absolute Gasteiger partial charge is 0.407 e. The molecule has 4 N–H and O–H groups in total. The molecule has 1 amide bonds. The van der Waals surface area contributed by atoms with Crippen LogP contribution in [0, 0.1) is 5.41 Å². The fourth-order valence-electron chi connectivity index (χ4n) is 1.90. The van der Waals surface area contributed by atoms with Crippen LogP contribution in [-0.2, 0) is 4.74 Å². The lowest BCUT2D eigenvalue weighted by molar-refractivity contribution is -0.0274. The molecule has 5 heteroatoms. The summed E-state index contributed by atoms with van der Waals surface area (Å²) in [7, 11) is 0. The number of carbonyl (C=O) groups excluding carboxylic acids is 1. The Bertz CT molecular complexity index is 254. The number of hydrogen-bond donors (Lipinski definition) is 3. The molecule has 1 saturated carbocycles. The highest BCUT2D eigenvalue weighted by atomic mass is 16.6. The summed E-state index contributed by atoms with van der Waals surface area (Å²) < 4.78 is 5.12. The summed E-state index contributed by atoms with van der Waals surface area (Å²) in [5, 5.41) is 12.0. The van der Waals surface area contributed by atoms with Gasteiger partial charge in [0, 0.05) is 12.0 Å². The summed E-state index contributed by atoms with van der Waals surface area (Å²) in [6, 6.07) is 0. The maximum Gasteiger partial charge on any atom is 0.407 e. The van der Waals surface area contributed by atoms with Gasteiger partial charge in [-0.3, -0.25) is 0 Å². The van der Waals surface area contributed by atoms with E-state index in [1.165, 1.54) is 0 Å². The molecule has 0 aromatic carbocycles. The zero-order valence-corrected chi connectivity index (χ0v) is 10.2. The van der Waals surface area contributed by atoms with E-state index in [1.807, 2.05) is 20.8 Å². The Kier molecular flexibility index (Phi) is 3.80. The fraction of sp³-hybridized carbons (Fsp3) is 0.909. The summed E-state index contributed by atoms with van der Waals surface area (Å²) in [6.45, 7) is 6.39. The Morgan fingerprint density at radius 2 is 2.12 bits per heavy atom. The van der Waals surface area contributed by atoms with Crippen LogP contribution in [-0.4, -0.2) is 36.0 Å². The van der Waals surface area contributed by atoms with E-state index >= 15 is 0 Å². The van der Waals surface area contributed by atoms with E-state index in [1.54, 1.807) is 0 Å². The maximum atomic E-state index is 11.4. The summed E-state index contributed by atoms with van der Waals surface area (Å²) in [5.74, 6) is 0. The Hall–Kier alpha value is -0.810. The average molecular weight is 230 g/mol. The molecule has 0 aromatic heterocycles. The van der Waals surface area contributed by atoms with Gasteiger partial charge in [0.2, 0.25) is 0 Å². The molecule has 16 heavy (non-hydrogen) atoms. The number of carbonyl (C=O) groups is 1. The van der Waals surface area contributed by atoms with E-state index < -0.39 is 11.7 Å². The monoisotopic (exact) mass is 230 g/mol. The number of rotatable bonds is 3. The van der Waals surface area contributed by atoms with Gasteiger partial charge in [-0.15, -0.1) is 0 Å². The molecule has 0 bridgehead atoms. The van der Waals surface area contributed by atoms with Gasteiger partial charge in [-0.05, 0) is 40.2 Å². The second kappa shape index (κ2) is 4.59. The number of nitrogens with two attached hydrogens (primary N) is 1. The largest absolute Gasteiger partial charge is 0.444 e. The summed E-state index contributed by atoms with van der Waals surface area (Å²) in [5.41, 5.74) is 5.01. The Morgan fingerprint density at radius 1 is 1.56 bits per heavy atom. The first-order chi connectivity index (χ1) is 7.26. The highest BCUT2D eigenvalue weighted by Gasteiger charge is 2.42. The Labute approximate surface area is 96.3 Å². The first-order valence-electron chi connectivity index (χ1n) is 5.61. The molecular formula is C11H22N2O3. The van der Waals surface area contributed by atoms with E-state index in [2.05, 4.69) is 5.32 Å². The lowest BCUT2D eigenvalue weighted by Crippen LogP contribution is -2.53. The topological polar surface area (TPSA) is 84.6 Å². The van der Waals surface area contributed by atoms with Crippen molar-refractivity contribution in [3.05, 3.63) is 0 Å². The van der Waals surface area contributed by atoms with Gasteiger partial charge in [-0.2, -0.15) is 0 Å². The first-order valence-corrected chi connectivity index (χ1v) is 5.61. The second-order valence-corrected chi connectivity index (χ2v) is 5.62. The molecule has 1 aliphatic rings. The van der Waals surface area contributed by atoms with Crippen molar-refractivity contribution in [2.75, 3.05) is 13.1 Å². The van der Waals surface area contributed by atoms with Crippen LogP contribution < -0.4 is 11.1 Å². The molecule has 94 valence electrons. The van der Waals surface area contributed by atoms with Crippen LogP contribution in [0.2, 0.25) is 0 Å². The van der Waals surface area contributed by atoms with Crippen LogP contribution in [0.4, 0.5) is 4.79 Å². The van der Waals surface area contributed by atoms with Gasteiger partial charge in [0.15, 0.2) is 0 Å². The normalized spacial score (nSPS) is 29.4. The lowest BCUT2D eigenvalue weighted by atomic mass is 9.67. The third-order valence-corrected chi connectivity index (χ3v) is 2.78. The van der Waals surface area contributed by atoms with Gasteiger partial charge in [0.05, 0.1) is 6.10 Å². The molecular weight excluding hydrogens is 208 g/mol. The molecule has 0 aliphatic heterocycles. The zero-order chi connectivity index (χ0) is 12.4. The molecule has 1 fully saturated rings. The van der Waals surface area contributed by atoms with Gasteiger partial charge < -0.3 is 20.9 Å². The van der Waals surface area contributed by atoms with Gasteiger partial charge in [-0.25, -0.2) is 4.79 Å². The Balaban J connectivity index is 2.31. The molecule has 0 spiro atoms. The highest BCUT2D eigenvalue weighted by Crippen LogP contribution is 2.39. The minimum absolute atomic E-state index is 0.143. The minimum Gasteiger partial charge on any atom is -0.444 e. The second-order valence-electron chi connectivity index (χ2n) is 5.62. The van der Waals surface area contributed by atoms with Crippen LogP contribution in [0.1, 0.15) is 33.6 Å². The zero-order valence-electron chi connectivity index (χ0n) is 10.2. The van der Waals surface area contributed by atoms with E-state index in [-0.39, 0.29) is 11.5 Å². The standard InChI is InChI=1S/C11H22N2O3/c1-10(2,3)16-9(15)13-7-11(6-12)4-8(14)5-11/h8,14H,4-7,12H2,1-3H3,(H,13,15). The molecule has 5 nitrogen and oxygen atoms in total. The van der Waals surface area contributed by atoms with Crippen molar-refractivity contribution in [2.45, 2.75) is 45.3 Å². The van der Waals surface area contributed by atoms with Crippen LogP contribution >= 0.6 is 0 Å². The average Bonchev–Trinajstić information content (AvgIpc) is 2.07. The van der Waals surface area contributed by atoms with E-state index in [0.717, 1.165) is 0 Å². The summed E-state index contributed by atoms with van der Waals surface area (Å²) >= 11 is 0. The van der Waals surface area contributed by atoms with Crippen LogP contribution in [0.25, 0.3) is 0 Å². The number of ether oxygens (including phenoxy) is 1. The number of alkyl carbamates (subject to hydrolysis) is 1. The molecule has 0 aromatic rings. The molecule has 0 saturated heterocycles. The first kappa shape index (κ1) is 13.3. The number of amides is 1. The van der Waals surface area contributed by atoms with Gasteiger partial charge in [-0.1, -0.05) is 0 Å². The van der Waals surface area contributed by atoms with E-state index in [4.69, 9.17) is 10.5 Å². The molecule has 0 unspecified atom stereocenters. The van der Waals surface area contributed by atoms with E-state index in [0.29, 0.717) is 25.9 Å². The number of aliphatic hydroxyl groups excluding tert-OH is 1. The molecule has 0 radical (unpaired) electrons. The van der Waals surface area contributed by atoms with Crippen molar-refractivity contribution in [1.29, 1.82) is 0 Å². The van der Waals surface area contributed by atoms with Crippen molar-refractivity contribution in [1.82, 2.24) is 5.32 Å². The molecule has 1 rings (SSSR count). The fourth-order valence-corrected chi connectivity index (χ4v) is 1.90. The lowest BCUT2D eigenvalue weighted by Gasteiger charge is -2.44. The third kappa shape index (κ3) is 3.64. The van der Waals surface area contributed by atoms with Crippen molar-refractivity contribution < 1.29 is 14.6 Å². The van der Waals surface area contributed by atoms with Gasteiger partial charge >= 0.3 is 6.09 Å². The molecule has 1 aliphatic carbocycles. The van der Waals surface area contributed by atoms with Crippen LogP contribution in [0.15, 0.2) is 0 Å². The van der Waals surface area contributed by atoms with Crippen molar-refractivity contribution in [3.8, 4) is 0 Å². The van der Waals surface area contributed by atoms with Crippen LogP contribution in [0.5, 0.6) is 0 Å². The predicted molar refractivity (Wildman–Crippen MR) is 61.0 cm³/mol. The minimum atomic E-state index is -0.487. The Morgan fingerprint density at radius 3 is 2.50 bits per heavy atom.